The Kier molecular flexibility index (Phi) is 7.51. The molecular formula is C21H26N10O13P2. The number of hydrogen-bond acceptors (Lipinski definition) is 18. The third-order valence-electron chi connectivity index (χ3n) is 7.54. The zero-order valence-electron chi connectivity index (χ0n) is 23.3. The Morgan fingerprint density at radius 2 is 1.35 bits per heavy atom. The molecule has 0 spiro atoms. The number of nitrogens with two attached hydrogens (primary N) is 2. The maximum atomic E-state index is 13.1. The number of nitrogen functional groups attached to an aromatic ring is 2. The number of nitrogens with zero attached hydrogens (tertiary/aromatic N) is 7. The molecule has 0 radical (unpaired) electrons. The maximum Gasteiger partial charge on any atom is 0.472 e. The lowest BCUT2D eigenvalue weighted by Crippen LogP contribution is -2.39. The standard InChI is InChI=1S/C21H26N10O13P2/c1-6-9-15(27-20(22)26-6)30(4-24-9)18-11(32)13-7(41-18)2-39-46(37,38)44-14-8(3-40-45(35,36)43-13)42-19(12(14)33)31-5-25-10-16(31)28-21(23)29-17(10)34/h4-5,7-8,11-14,18-19,32-33H,2-3H2,1H3,(H,35,36)(H,37,38)(H2,22,26,27)(H3,23,28,29,34)/t7-,8-,11?,12?,13+,14+,18-,19-/m1/s1. The van der Waals surface area contributed by atoms with Crippen LogP contribution in [-0.4, -0.2) is 109 Å². The average molecular weight is 688 g/mol. The molecule has 3 aliphatic rings. The highest BCUT2D eigenvalue weighted by Crippen LogP contribution is 2.53. The molecule has 7 heterocycles. The van der Waals surface area contributed by atoms with Gasteiger partial charge in [0.2, 0.25) is 11.9 Å². The lowest BCUT2D eigenvalue weighted by atomic mass is 10.1. The van der Waals surface area contributed by atoms with E-state index in [1.807, 2.05) is 0 Å². The van der Waals surface area contributed by atoms with Crippen molar-refractivity contribution in [3.05, 3.63) is 28.7 Å². The number of aryl methyl sites for hydroxylation is 1. The summed E-state index contributed by atoms with van der Waals surface area (Å²) >= 11 is 0. The van der Waals surface area contributed by atoms with E-state index in [1.165, 1.54) is 10.9 Å². The van der Waals surface area contributed by atoms with E-state index in [0.29, 0.717) is 11.2 Å². The van der Waals surface area contributed by atoms with Crippen molar-refractivity contribution >= 4 is 49.9 Å². The monoisotopic (exact) mass is 688 g/mol. The molecule has 7 rings (SSSR count). The second kappa shape index (κ2) is 11.1. The normalized spacial score (nSPS) is 37.2. The number of aromatic nitrogens is 8. The van der Waals surface area contributed by atoms with Gasteiger partial charge in [-0.15, -0.1) is 0 Å². The molecular weight excluding hydrogens is 662 g/mol. The van der Waals surface area contributed by atoms with Gasteiger partial charge in [-0.05, 0) is 6.92 Å². The molecule has 9 N–H and O–H groups in total. The van der Waals surface area contributed by atoms with Crippen LogP contribution in [0.3, 0.4) is 0 Å². The molecule has 3 saturated heterocycles. The fourth-order valence-corrected chi connectivity index (χ4v) is 7.45. The quantitative estimate of drug-likeness (QED) is 0.112. The molecule has 0 saturated carbocycles. The van der Waals surface area contributed by atoms with Crippen LogP contribution in [0, 0.1) is 6.92 Å². The van der Waals surface area contributed by atoms with Gasteiger partial charge in [-0.1, -0.05) is 0 Å². The number of anilines is 2. The highest BCUT2D eigenvalue weighted by Gasteiger charge is 2.54. The SMILES string of the molecule is Cc1nc(N)nc2c1ncn2[C@@H]1O[C@@H]2COP(=O)(O)O[C@@H]3C(O)[C@H](n4cnc5c(=O)[nH]c(N)nc54)O[C@@H]3COP(=O)(O)O[C@@H]2C1O. The van der Waals surface area contributed by atoms with Crippen molar-refractivity contribution in [2.24, 2.45) is 0 Å². The number of nitrogens with one attached hydrogen (secondary N) is 1. The molecule has 248 valence electrons. The zero-order valence-corrected chi connectivity index (χ0v) is 25.1. The van der Waals surface area contributed by atoms with Gasteiger partial charge >= 0.3 is 15.6 Å². The third kappa shape index (κ3) is 5.39. The Labute approximate surface area is 255 Å². The van der Waals surface area contributed by atoms with Crippen LogP contribution in [0.2, 0.25) is 0 Å². The maximum absolute atomic E-state index is 13.1. The van der Waals surface area contributed by atoms with E-state index in [9.17, 15) is 33.9 Å². The number of aromatic amines is 1. The van der Waals surface area contributed by atoms with Crippen LogP contribution in [0.25, 0.3) is 22.3 Å². The molecule has 0 amide bonds. The van der Waals surface area contributed by atoms with Gasteiger partial charge in [0.05, 0.1) is 31.6 Å². The fourth-order valence-electron chi connectivity index (χ4n) is 5.53. The Morgan fingerprint density at radius 1 is 0.848 bits per heavy atom. The lowest BCUT2D eigenvalue weighted by Gasteiger charge is -2.27. The van der Waals surface area contributed by atoms with Crippen molar-refractivity contribution in [2.75, 3.05) is 24.7 Å². The van der Waals surface area contributed by atoms with E-state index >= 15 is 0 Å². The summed E-state index contributed by atoms with van der Waals surface area (Å²) < 4.78 is 61.1. The molecule has 23 nitrogen and oxygen atoms in total. The number of phosphoric acid groups is 2. The van der Waals surface area contributed by atoms with Gasteiger partial charge in [-0.3, -0.25) is 37.0 Å². The molecule has 10 atom stereocenters. The smallest absolute Gasteiger partial charge is 0.386 e. The van der Waals surface area contributed by atoms with Crippen LogP contribution in [0.4, 0.5) is 11.9 Å². The molecule has 46 heavy (non-hydrogen) atoms. The number of fused-ring (bicyclic) bond motifs is 4. The minimum absolute atomic E-state index is 0.0931. The predicted octanol–water partition coefficient (Wildman–Crippen LogP) is -2.03. The van der Waals surface area contributed by atoms with Crippen LogP contribution < -0.4 is 17.0 Å². The second-order valence-corrected chi connectivity index (χ2v) is 13.4. The summed E-state index contributed by atoms with van der Waals surface area (Å²) in [4.78, 5) is 56.0. The number of aliphatic hydroxyl groups excluding tert-OH is 2. The van der Waals surface area contributed by atoms with Crippen molar-refractivity contribution in [1.29, 1.82) is 0 Å². The summed E-state index contributed by atoms with van der Waals surface area (Å²) in [5.41, 5.74) is 11.4. The van der Waals surface area contributed by atoms with Gasteiger partial charge in [0.1, 0.15) is 42.1 Å². The second-order valence-electron chi connectivity index (χ2n) is 10.5. The molecule has 25 heteroatoms. The van der Waals surface area contributed by atoms with Crippen LogP contribution in [-0.2, 0) is 36.7 Å². The van der Waals surface area contributed by atoms with Crippen LogP contribution in [0.1, 0.15) is 18.1 Å². The number of rotatable bonds is 2. The summed E-state index contributed by atoms with van der Waals surface area (Å²) in [6.45, 7) is -0.0195. The van der Waals surface area contributed by atoms with Crippen molar-refractivity contribution in [1.82, 2.24) is 39.0 Å². The van der Waals surface area contributed by atoms with Crippen LogP contribution >= 0.6 is 15.6 Å². The van der Waals surface area contributed by atoms with Crippen molar-refractivity contribution in [2.45, 2.75) is 56.0 Å². The number of hydrogen-bond donors (Lipinski definition) is 7. The lowest BCUT2D eigenvalue weighted by molar-refractivity contribution is -0.0664. The minimum atomic E-state index is -5.06. The first-order chi connectivity index (χ1) is 21.7. The Hall–Kier alpha value is -3.44. The van der Waals surface area contributed by atoms with E-state index in [1.54, 1.807) is 6.92 Å². The number of phosphoric ester groups is 2. The van der Waals surface area contributed by atoms with Crippen molar-refractivity contribution in [3.63, 3.8) is 0 Å². The van der Waals surface area contributed by atoms with Gasteiger partial charge in [0.15, 0.2) is 29.3 Å². The van der Waals surface area contributed by atoms with Gasteiger partial charge in [-0.25, -0.2) is 24.1 Å². The first-order valence-electron chi connectivity index (χ1n) is 13.4. The molecule has 3 fully saturated rings. The fraction of sp³-hybridized carbons (Fsp3) is 0.524. The Morgan fingerprint density at radius 3 is 1.89 bits per heavy atom. The van der Waals surface area contributed by atoms with E-state index in [4.69, 9.17) is 39.0 Å². The summed E-state index contributed by atoms with van der Waals surface area (Å²) in [6.07, 6.45) is -10.2. The molecule has 0 bridgehead atoms. The summed E-state index contributed by atoms with van der Waals surface area (Å²) in [5, 5.41) is 22.3. The zero-order chi connectivity index (χ0) is 32.7. The van der Waals surface area contributed by atoms with E-state index in [0.717, 1.165) is 10.9 Å². The molecule has 4 aromatic heterocycles. The third-order valence-corrected chi connectivity index (χ3v) is 9.51. The van der Waals surface area contributed by atoms with Gasteiger partial charge in [0, 0.05) is 0 Å². The van der Waals surface area contributed by atoms with Gasteiger partial charge in [0.25, 0.3) is 5.56 Å². The number of aliphatic hydroxyl groups is 2. The van der Waals surface area contributed by atoms with Gasteiger partial charge < -0.3 is 40.9 Å². The molecule has 0 aromatic carbocycles. The van der Waals surface area contributed by atoms with E-state index in [2.05, 4.69) is 29.9 Å². The molecule has 0 aliphatic carbocycles. The number of imidazole rings is 2. The topological polar surface area (TPSA) is 330 Å². The molecule has 4 aromatic rings. The molecule has 4 unspecified atom stereocenters. The predicted molar refractivity (Wildman–Crippen MR) is 148 cm³/mol. The first kappa shape index (κ1) is 31.2. The van der Waals surface area contributed by atoms with Crippen molar-refractivity contribution in [3.8, 4) is 0 Å². The number of ether oxygens (including phenoxy) is 2. The Bertz CT molecular complexity index is 1990. The summed E-state index contributed by atoms with van der Waals surface area (Å²) in [5.74, 6) is -0.361. The molecule has 3 aliphatic heterocycles. The first-order valence-corrected chi connectivity index (χ1v) is 16.4. The minimum Gasteiger partial charge on any atom is -0.386 e. The van der Waals surface area contributed by atoms with Crippen molar-refractivity contribution < 1.29 is 56.7 Å². The summed E-state index contributed by atoms with van der Waals surface area (Å²) in [7, 11) is -10.1. The van der Waals surface area contributed by atoms with E-state index in [-0.39, 0.29) is 28.7 Å². The van der Waals surface area contributed by atoms with Crippen LogP contribution in [0.5, 0.6) is 0 Å². The summed E-state index contributed by atoms with van der Waals surface area (Å²) in [6, 6.07) is 0. The van der Waals surface area contributed by atoms with E-state index < -0.39 is 83.5 Å². The van der Waals surface area contributed by atoms with Crippen LogP contribution in [0.15, 0.2) is 17.4 Å². The average Bonchev–Trinajstić information content (AvgIpc) is 3.72. The number of H-pyrrole nitrogens is 1. The highest BCUT2D eigenvalue weighted by molar-refractivity contribution is 7.47. The van der Waals surface area contributed by atoms with Gasteiger partial charge in [-0.2, -0.15) is 9.97 Å². The largest absolute Gasteiger partial charge is 0.472 e. The highest BCUT2D eigenvalue weighted by atomic mass is 31.2. The Balaban J connectivity index is 1.17.